The van der Waals surface area contributed by atoms with E-state index in [4.69, 9.17) is 9.47 Å². The second-order valence-electron chi connectivity index (χ2n) is 6.90. The predicted octanol–water partition coefficient (Wildman–Crippen LogP) is 3.14. The molecule has 7 nitrogen and oxygen atoms in total. The number of methoxy groups -OCH3 is 1. The summed E-state index contributed by atoms with van der Waals surface area (Å²) in [6.07, 6.45) is 1.44. The zero-order valence-electron chi connectivity index (χ0n) is 16.6. The first-order valence-corrected chi connectivity index (χ1v) is 9.79. The fourth-order valence-corrected chi connectivity index (χ4v) is 3.25. The number of benzene rings is 2. The van der Waals surface area contributed by atoms with Crippen LogP contribution in [0.15, 0.2) is 54.6 Å². The van der Waals surface area contributed by atoms with Gasteiger partial charge in [-0.3, -0.25) is 4.79 Å². The van der Waals surface area contributed by atoms with Crippen LogP contribution in [-0.4, -0.2) is 56.3 Å². The lowest BCUT2D eigenvalue weighted by molar-refractivity contribution is 0.0708. The molecular weight excluding hydrogens is 370 g/mol. The van der Waals surface area contributed by atoms with E-state index in [1.165, 1.54) is 0 Å². The van der Waals surface area contributed by atoms with Gasteiger partial charge in [-0.1, -0.05) is 24.3 Å². The summed E-state index contributed by atoms with van der Waals surface area (Å²) in [4.78, 5) is 26.8. The number of nitrogens with zero attached hydrogens (tertiary/aromatic N) is 1. The number of anilines is 1. The van der Waals surface area contributed by atoms with Crippen molar-refractivity contribution in [2.75, 3.05) is 38.7 Å². The maximum Gasteiger partial charge on any atom is 0.319 e. The highest BCUT2D eigenvalue weighted by molar-refractivity contribution is 5.94. The van der Waals surface area contributed by atoms with Crippen molar-refractivity contribution in [3.05, 3.63) is 60.2 Å². The summed E-state index contributed by atoms with van der Waals surface area (Å²) in [5, 5.41) is 5.81. The van der Waals surface area contributed by atoms with E-state index in [2.05, 4.69) is 10.6 Å². The molecule has 1 aliphatic rings. The van der Waals surface area contributed by atoms with E-state index in [9.17, 15) is 9.59 Å². The number of likely N-dealkylation sites (tertiary alicyclic amines) is 1. The molecule has 2 aromatic carbocycles. The van der Waals surface area contributed by atoms with E-state index in [-0.39, 0.29) is 18.0 Å². The molecule has 7 heteroatoms. The monoisotopic (exact) mass is 397 g/mol. The fraction of sp³-hybridized carbons (Fsp3) is 0.364. The van der Waals surface area contributed by atoms with E-state index in [0.29, 0.717) is 37.6 Å². The Hall–Kier alpha value is -3.06. The molecule has 0 atom stereocenters. The number of hydrogen-bond acceptors (Lipinski definition) is 4. The van der Waals surface area contributed by atoms with Gasteiger partial charge < -0.3 is 25.0 Å². The molecule has 0 radical (unpaired) electrons. The Bertz CT molecular complexity index is 805. The molecule has 3 rings (SSSR count). The number of ether oxygens (including phenoxy) is 2. The van der Waals surface area contributed by atoms with Crippen molar-refractivity contribution in [2.24, 2.45) is 0 Å². The van der Waals surface area contributed by atoms with Gasteiger partial charge in [-0.2, -0.15) is 0 Å². The maximum atomic E-state index is 12.8. The van der Waals surface area contributed by atoms with Crippen molar-refractivity contribution in [1.29, 1.82) is 0 Å². The third-order valence-electron chi connectivity index (χ3n) is 4.79. The number of para-hydroxylation sites is 1. The van der Waals surface area contributed by atoms with Gasteiger partial charge in [-0.15, -0.1) is 0 Å². The normalized spacial score (nSPS) is 14.3. The molecule has 0 spiro atoms. The highest BCUT2D eigenvalue weighted by Gasteiger charge is 2.24. The summed E-state index contributed by atoms with van der Waals surface area (Å²) in [6, 6.07) is 16.4. The third-order valence-corrected chi connectivity index (χ3v) is 4.79. The van der Waals surface area contributed by atoms with Crippen molar-refractivity contribution >= 4 is 17.6 Å². The number of urea groups is 1. The predicted molar refractivity (Wildman–Crippen MR) is 111 cm³/mol. The van der Waals surface area contributed by atoms with Gasteiger partial charge in [0.1, 0.15) is 12.4 Å². The lowest BCUT2D eigenvalue weighted by Crippen LogP contribution is -2.47. The highest BCUT2D eigenvalue weighted by Crippen LogP contribution is 2.18. The van der Waals surface area contributed by atoms with E-state index in [0.717, 1.165) is 18.5 Å². The molecule has 29 heavy (non-hydrogen) atoms. The van der Waals surface area contributed by atoms with Crippen LogP contribution in [0.5, 0.6) is 5.75 Å². The summed E-state index contributed by atoms with van der Waals surface area (Å²) in [7, 11) is 1.62. The van der Waals surface area contributed by atoms with Gasteiger partial charge in [0.05, 0.1) is 6.61 Å². The zero-order valence-corrected chi connectivity index (χ0v) is 16.6. The lowest BCUT2D eigenvalue weighted by atomic mass is 10.0. The van der Waals surface area contributed by atoms with Crippen molar-refractivity contribution < 1.29 is 19.1 Å². The van der Waals surface area contributed by atoms with Crippen LogP contribution in [0.4, 0.5) is 10.5 Å². The Kier molecular flexibility index (Phi) is 7.47. The van der Waals surface area contributed by atoms with Gasteiger partial charge in [0.25, 0.3) is 5.91 Å². The fourth-order valence-electron chi connectivity index (χ4n) is 3.25. The van der Waals surface area contributed by atoms with Crippen molar-refractivity contribution in [3.63, 3.8) is 0 Å². The van der Waals surface area contributed by atoms with Crippen LogP contribution in [-0.2, 0) is 4.74 Å². The first-order chi connectivity index (χ1) is 14.2. The largest absolute Gasteiger partial charge is 0.491 e. The van der Waals surface area contributed by atoms with Gasteiger partial charge >= 0.3 is 6.03 Å². The lowest BCUT2D eigenvalue weighted by Gasteiger charge is -2.32. The third kappa shape index (κ3) is 6.22. The van der Waals surface area contributed by atoms with Crippen molar-refractivity contribution in [2.45, 2.75) is 18.9 Å². The zero-order chi connectivity index (χ0) is 20.5. The molecule has 1 fully saturated rings. The summed E-state index contributed by atoms with van der Waals surface area (Å²) < 4.78 is 10.6. The summed E-state index contributed by atoms with van der Waals surface area (Å²) >= 11 is 0. The van der Waals surface area contributed by atoms with Crippen LogP contribution < -0.4 is 15.4 Å². The van der Waals surface area contributed by atoms with Crippen LogP contribution >= 0.6 is 0 Å². The van der Waals surface area contributed by atoms with Crippen molar-refractivity contribution in [3.8, 4) is 5.75 Å². The van der Waals surface area contributed by atoms with Crippen LogP contribution in [0.1, 0.15) is 23.2 Å². The molecule has 1 saturated heterocycles. The van der Waals surface area contributed by atoms with Gasteiger partial charge in [0.15, 0.2) is 0 Å². The first kappa shape index (κ1) is 20.7. The second-order valence-corrected chi connectivity index (χ2v) is 6.90. The average molecular weight is 397 g/mol. The average Bonchev–Trinajstić information content (AvgIpc) is 2.75. The Morgan fingerprint density at radius 2 is 1.79 bits per heavy atom. The molecule has 1 aliphatic heterocycles. The first-order valence-electron chi connectivity index (χ1n) is 9.79. The van der Waals surface area contributed by atoms with Gasteiger partial charge in [-0.25, -0.2) is 4.79 Å². The summed E-state index contributed by atoms with van der Waals surface area (Å²) in [5.41, 5.74) is 1.36. The van der Waals surface area contributed by atoms with Crippen LogP contribution in [0.25, 0.3) is 0 Å². The topological polar surface area (TPSA) is 79.9 Å². The molecule has 1 heterocycles. The molecule has 3 amide bonds. The molecule has 2 aromatic rings. The minimum atomic E-state index is -0.220. The standard InChI is InChI=1S/C22H27N3O4/c1-28-14-15-29-20-9-5-6-17(16-20)21(26)25-12-10-19(11-13-25)24-22(27)23-18-7-3-2-4-8-18/h2-9,16,19H,10-15H2,1H3,(H2,23,24,27). The number of carbonyl (C=O) groups excluding carboxylic acids is 2. The molecule has 0 aliphatic carbocycles. The second kappa shape index (κ2) is 10.5. The van der Waals surface area contributed by atoms with E-state index < -0.39 is 0 Å². The quantitative estimate of drug-likeness (QED) is 0.704. The molecule has 0 saturated carbocycles. The van der Waals surface area contributed by atoms with Crippen LogP contribution in [0, 0.1) is 0 Å². The highest BCUT2D eigenvalue weighted by atomic mass is 16.5. The number of nitrogens with one attached hydrogen (secondary N) is 2. The van der Waals surface area contributed by atoms with Gasteiger partial charge in [0.2, 0.25) is 0 Å². The number of carbonyl (C=O) groups is 2. The van der Waals surface area contributed by atoms with Crippen LogP contribution in [0.2, 0.25) is 0 Å². The Morgan fingerprint density at radius 1 is 1.03 bits per heavy atom. The summed E-state index contributed by atoms with van der Waals surface area (Å²) in [5.74, 6) is 0.636. The van der Waals surface area contributed by atoms with E-state index in [1.54, 1.807) is 19.2 Å². The molecule has 154 valence electrons. The number of amides is 3. The van der Waals surface area contributed by atoms with Crippen LogP contribution in [0.3, 0.4) is 0 Å². The van der Waals surface area contributed by atoms with E-state index in [1.807, 2.05) is 47.4 Å². The Labute approximate surface area is 171 Å². The molecule has 2 N–H and O–H groups in total. The smallest absolute Gasteiger partial charge is 0.319 e. The minimum absolute atomic E-state index is 0.0191. The van der Waals surface area contributed by atoms with Gasteiger partial charge in [0, 0.05) is 37.5 Å². The van der Waals surface area contributed by atoms with E-state index >= 15 is 0 Å². The summed E-state index contributed by atoms with van der Waals surface area (Å²) in [6.45, 7) is 2.14. The maximum absolute atomic E-state index is 12.8. The number of rotatable bonds is 7. The molecule has 0 aromatic heterocycles. The SMILES string of the molecule is COCCOc1cccc(C(=O)N2CCC(NC(=O)Nc3ccccc3)CC2)c1. The van der Waals surface area contributed by atoms with Crippen molar-refractivity contribution in [1.82, 2.24) is 10.2 Å². The molecule has 0 unspecified atom stereocenters. The molecular formula is C22H27N3O4. The molecule has 0 bridgehead atoms. The minimum Gasteiger partial charge on any atom is -0.491 e. The number of hydrogen-bond donors (Lipinski definition) is 2. The Morgan fingerprint density at radius 3 is 2.52 bits per heavy atom. The Balaban J connectivity index is 1.47. The van der Waals surface area contributed by atoms with Gasteiger partial charge in [-0.05, 0) is 43.2 Å². The number of piperidine rings is 1.